The summed E-state index contributed by atoms with van der Waals surface area (Å²) in [5.41, 5.74) is 2.31. The van der Waals surface area contributed by atoms with Crippen molar-refractivity contribution in [3.05, 3.63) is 48.3 Å². The van der Waals surface area contributed by atoms with Gasteiger partial charge in [-0.15, -0.1) is 0 Å². The fourth-order valence-corrected chi connectivity index (χ4v) is 2.23. The zero-order valence-corrected chi connectivity index (χ0v) is 13.5. The van der Waals surface area contributed by atoms with E-state index in [2.05, 4.69) is 15.6 Å². The van der Waals surface area contributed by atoms with Gasteiger partial charge in [-0.3, -0.25) is 9.59 Å². The van der Waals surface area contributed by atoms with Crippen molar-refractivity contribution in [2.24, 2.45) is 0 Å². The highest BCUT2D eigenvalue weighted by atomic mass is 19.1. The molecule has 0 aliphatic rings. The zero-order valence-electron chi connectivity index (χ0n) is 13.5. The van der Waals surface area contributed by atoms with Crippen molar-refractivity contribution >= 4 is 28.6 Å². The van der Waals surface area contributed by atoms with Crippen LogP contribution in [0.1, 0.15) is 13.3 Å². The summed E-state index contributed by atoms with van der Waals surface area (Å²) >= 11 is 0. The number of aromatic nitrogens is 1. The van der Waals surface area contributed by atoms with Gasteiger partial charge in [0.2, 0.25) is 17.7 Å². The van der Waals surface area contributed by atoms with Gasteiger partial charge in [-0.05, 0) is 36.4 Å². The van der Waals surface area contributed by atoms with Crippen molar-refractivity contribution in [2.45, 2.75) is 13.3 Å². The standard InChI is InChI=1S/C18H16FN3O3/c1-2-16(23)20-10-17(24)21-13-7-8-14-15(9-13)25-18(22-14)11-3-5-12(19)6-4-11/h3-9H,2,10H2,1H3,(H,20,23)(H,21,24). The lowest BCUT2D eigenvalue weighted by Gasteiger charge is -2.05. The highest BCUT2D eigenvalue weighted by molar-refractivity contribution is 5.96. The van der Waals surface area contributed by atoms with E-state index in [1.165, 1.54) is 12.1 Å². The summed E-state index contributed by atoms with van der Waals surface area (Å²) in [6.45, 7) is 1.62. The molecule has 0 radical (unpaired) electrons. The minimum Gasteiger partial charge on any atom is -0.436 e. The third-order valence-electron chi connectivity index (χ3n) is 3.53. The van der Waals surface area contributed by atoms with Crippen LogP contribution in [-0.4, -0.2) is 23.3 Å². The predicted octanol–water partition coefficient (Wildman–Crippen LogP) is 3.10. The highest BCUT2D eigenvalue weighted by Crippen LogP contribution is 2.26. The number of oxazole rings is 1. The second kappa shape index (κ2) is 7.12. The Labute approximate surface area is 143 Å². The van der Waals surface area contributed by atoms with Crippen LogP contribution in [-0.2, 0) is 9.59 Å². The lowest BCUT2D eigenvalue weighted by atomic mass is 10.2. The number of halogens is 1. The van der Waals surface area contributed by atoms with Crippen molar-refractivity contribution in [3.8, 4) is 11.5 Å². The van der Waals surface area contributed by atoms with Crippen LogP contribution in [0.5, 0.6) is 0 Å². The highest BCUT2D eigenvalue weighted by Gasteiger charge is 2.10. The molecule has 0 saturated heterocycles. The number of nitrogens with zero attached hydrogens (tertiary/aromatic N) is 1. The summed E-state index contributed by atoms with van der Waals surface area (Å²) in [5.74, 6) is -0.488. The predicted molar refractivity (Wildman–Crippen MR) is 91.3 cm³/mol. The Balaban J connectivity index is 1.75. The van der Waals surface area contributed by atoms with Gasteiger partial charge < -0.3 is 15.1 Å². The molecule has 6 nitrogen and oxygen atoms in total. The van der Waals surface area contributed by atoms with Crippen LogP contribution in [0.4, 0.5) is 10.1 Å². The Hall–Kier alpha value is -3.22. The molecule has 2 amide bonds. The largest absolute Gasteiger partial charge is 0.436 e. The number of fused-ring (bicyclic) bond motifs is 1. The lowest BCUT2D eigenvalue weighted by molar-refractivity contribution is -0.123. The first-order valence-corrected chi connectivity index (χ1v) is 7.78. The minimum absolute atomic E-state index is 0.0953. The molecular weight excluding hydrogens is 325 g/mol. The van der Waals surface area contributed by atoms with Gasteiger partial charge in [-0.25, -0.2) is 9.37 Å². The molecular formula is C18H16FN3O3. The second-order valence-corrected chi connectivity index (χ2v) is 5.39. The number of hydrogen-bond donors (Lipinski definition) is 2. The molecule has 3 aromatic rings. The number of nitrogens with one attached hydrogen (secondary N) is 2. The van der Waals surface area contributed by atoms with E-state index in [9.17, 15) is 14.0 Å². The van der Waals surface area contributed by atoms with E-state index in [0.29, 0.717) is 34.7 Å². The first-order chi connectivity index (χ1) is 12.0. The van der Waals surface area contributed by atoms with E-state index in [4.69, 9.17) is 4.42 Å². The Bertz CT molecular complexity index is 919. The molecule has 1 heterocycles. The van der Waals surface area contributed by atoms with Gasteiger partial charge in [0, 0.05) is 23.7 Å². The molecule has 25 heavy (non-hydrogen) atoms. The van der Waals surface area contributed by atoms with Crippen molar-refractivity contribution < 1.29 is 18.4 Å². The minimum atomic E-state index is -0.334. The fourth-order valence-electron chi connectivity index (χ4n) is 2.23. The second-order valence-electron chi connectivity index (χ2n) is 5.39. The number of carbonyl (C=O) groups excluding carboxylic acids is 2. The molecule has 0 saturated carbocycles. The summed E-state index contributed by atoms with van der Waals surface area (Å²) < 4.78 is 18.7. The van der Waals surface area contributed by atoms with Crippen LogP contribution in [0.25, 0.3) is 22.6 Å². The molecule has 0 aliphatic carbocycles. The van der Waals surface area contributed by atoms with Gasteiger partial charge in [0.15, 0.2) is 5.58 Å². The third-order valence-corrected chi connectivity index (χ3v) is 3.53. The monoisotopic (exact) mass is 341 g/mol. The summed E-state index contributed by atoms with van der Waals surface area (Å²) in [7, 11) is 0. The molecule has 3 rings (SSSR count). The first-order valence-electron chi connectivity index (χ1n) is 7.78. The van der Waals surface area contributed by atoms with Gasteiger partial charge >= 0.3 is 0 Å². The van der Waals surface area contributed by atoms with Crippen LogP contribution < -0.4 is 10.6 Å². The van der Waals surface area contributed by atoms with Gasteiger partial charge in [0.25, 0.3) is 0 Å². The maximum atomic E-state index is 13.0. The molecule has 2 aromatic carbocycles. The third kappa shape index (κ3) is 4.00. The molecule has 7 heteroatoms. The van der Waals surface area contributed by atoms with E-state index >= 15 is 0 Å². The molecule has 0 unspecified atom stereocenters. The van der Waals surface area contributed by atoms with Crippen molar-refractivity contribution in [3.63, 3.8) is 0 Å². The summed E-state index contributed by atoms with van der Waals surface area (Å²) in [4.78, 5) is 27.3. The van der Waals surface area contributed by atoms with Crippen molar-refractivity contribution in [2.75, 3.05) is 11.9 Å². The molecule has 0 fully saturated rings. The number of hydrogen-bond acceptors (Lipinski definition) is 4. The van der Waals surface area contributed by atoms with E-state index in [1.807, 2.05) is 0 Å². The Morgan fingerprint density at radius 1 is 1.12 bits per heavy atom. The molecule has 128 valence electrons. The average Bonchev–Trinajstić information content (AvgIpc) is 3.03. The zero-order chi connectivity index (χ0) is 17.8. The molecule has 0 atom stereocenters. The van der Waals surface area contributed by atoms with E-state index < -0.39 is 0 Å². The van der Waals surface area contributed by atoms with Crippen LogP contribution in [0.15, 0.2) is 46.9 Å². The van der Waals surface area contributed by atoms with Gasteiger partial charge in [-0.1, -0.05) is 6.92 Å². The normalized spacial score (nSPS) is 10.6. The fraction of sp³-hybridized carbons (Fsp3) is 0.167. The number of benzene rings is 2. The Morgan fingerprint density at radius 3 is 2.60 bits per heavy atom. The van der Waals surface area contributed by atoms with E-state index in [-0.39, 0.29) is 24.2 Å². The summed E-state index contributed by atoms with van der Waals surface area (Å²) in [5, 5.41) is 5.18. The first kappa shape index (κ1) is 16.6. The molecule has 0 spiro atoms. The average molecular weight is 341 g/mol. The van der Waals surface area contributed by atoms with Gasteiger partial charge in [0.05, 0.1) is 6.54 Å². The van der Waals surface area contributed by atoms with Crippen LogP contribution in [0, 0.1) is 5.82 Å². The topological polar surface area (TPSA) is 84.2 Å². The molecule has 2 N–H and O–H groups in total. The number of rotatable bonds is 5. The van der Waals surface area contributed by atoms with Crippen molar-refractivity contribution in [1.82, 2.24) is 10.3 Å². The Kier molecular flexibility index (Phi) is 4.74. The number of amides is 2. The molecule has 0 bridgehead atoms. The van der Waals surface area contributed by atoms with Crippen LogP contribution >= 0.6 is 0 Å². The van der Waals surface area contributed by atoms with Crippen LogP contribution in [0.3, 0.4) is 0 Å². The molecule has 0 aliphatic heterocycles. The number of anilines is 1. The quantitative estimate of drug-likeness (QED) is 0.747. The maximum absolute atomic E-state index is 13.0. The summed E-state index contributed by atoms with van der Waals surface area (Å²) in [6.07, 6.45) is 0.323. The SMILES string of the molecule is CCC(=O)NCC(=O)Nc1ccc2nc(-c3ccc(F)cc3)oc2c1. The van der Waals surface area contributed by atoms with Gasteiger partial charge in [-0.2, -0.15) is 0 Å². The van der Waals surface area contributed by atoms with E-state index in [1.54, 1.807) is 37.3 Å². The summed E-state index contributed by atoms with van der Waals surface area (Å²) in [6, 6.07) is 10.9. The maximum Gasteiger partial charge on any atom is 0.243 e. The Morgan fingerprint density at radius 2 is 1.88 bits per heavy atom. The van der Waals surface area contributed by atoms with Gasteiger partial charge in [0.1, 0.15) is 11.3 Å². The van der Waals surface area contributed by atoms with Crippen LogP contribution in [0.2, 0.25) is 0 Å². The number of carbonyl (C=O) groups is 2. The molecule has 1 aromatic heterocycles. The smallest absolute Gasteiger partial charge is 0.243 e. The lowest BCUT2D eigenvalue weighted by Crippen LogP contribution is -2.32. The van der Waals surface area contributed by atoms with E-state index in [0.717, 1.165) is 0 Å². The van der Waals surface area contributed by atoms with Crippen molar-refractivity contribution in [1.29, 1.82) is 0 Å².